The molecular weight excluding hydrogens is 188 g/mol. The minimum atomic E-state index is 0.536. The van der Waals surface area contributed by atoms with E-state index in [4.69, 9.17) is 0 Å². The highest BCUT2D eigenvalue weighted by molar-refractivity contribution is 4.86. The number of rotatable bonds is 6. The SMILES string of the molecule is CNC(C)CCc1ncnn1CC(C)C. The van der Waals surface area contributed by atoms with Crippen LogP contribution in [-0.4, -0.2) is 27.9 Å². The first-order chi connectivity index (χ1) is 7.13. The highest BCUT2D eigenvalue weighted by atomic mass is 15.3. The van der Waals surface area contributed by atoms with Gasteiger partial charge in [0.15, 0.2) is 0 Å². The van der Waals surface area contributed by atoms with E-state index in [2.05, 4.69) is 36.2 Å². The molecule has 1 unspecified atom stereocenters. The lowest BCUT2D eigenvalue weighted by molar-refractivity contribution is 0.456. The molecule has 86 valence electrons. The smallest absolute Gasteiger partial charge is 0.138 e. The Kier molecular flexibility index (Phi) is 4.75. The van der Waals surface area contributed by atoms with E-state index in [-0.39, 0.29) is 0 Å². The second-order valence-corrected chi connectivity index (χ2v) is 4.48. The second kappa shape index (κ2) is 5.85. The van der Waals surface area contributed by atoms with Gasteiger partial charge in [-0.15, -0.1) is 0 Å². The van der Waals surface area contributed by atoms with Crippen molar-refractivity contribution in [3.8, 4) is 0 Å². The molecule has 0 bridgehead atoms. The summed E-state index contributed by atoms with van der Waals surface area (Å²) in [7, 11) is 1.99. The summed E-state index contributed by atoms with van der Waals surface area (Å²) < 4.78 is 2.02. The third-order valence-electron chi connectivity index (χ3n) is 2.53. The molecule has 1 atom stereocenters. The van der Waals surface area contributed by atoms with Crippen molar-refractivity contribution in [1.82, 2.24) is 20.1 Å². The molecule has 0 spiro atoms. The van der Waals surface area contributed by atoms with Crippen LogP contribution in [-0.2, 0) is 13.0 Å². The molecule has 1 N–H and O–H groups in total. The maximum absolute atomic E-state index is 4.30. The Morgan fingerprint density at radius 1 is 1.40 bits per heavy atom. The lowest BCUT2D eigenvalue weighted by atomic mass is 10.1. The van der Waals surface area contributed by atoms with Gasteiger partial charge in [-0.1, -0.05) is 13.8 Å². The van der Waals surface area contributed by atoms with E-state index >= 15 is 0 Å². The van der Waals surface area contributed by atoms with Gasteiger partial charge in [-0.3, -0.25) is 0 Å². The van der Waals surface area contributed by atoms with Crippen molar-refractivity contribution in [2.24, 2.45) is 5.92 Å². The first-order valence-electron chi connectivity index (χ1n) is 5.67. The van der Waals surface area contributed by atoms with E-state index in [0.717, 1.165) is 25.2 Å². The van der Waals surface area contributed by atoms with E-state index in [1.54, 1.807) is 6.33 Å². The van der Waals surface area contributed by atoms with Crippen LogP contribution in [0.15, 0.2) is 6.33 Å². The summed E-state index contributed by atoms with van der Waals surface area (Å²) in [5.41, 5.74) is 0. The standard InChI is InChI=1S/C11H22N4/c1-9(2)7-15-11(13-8-14-15)6-5-10(3)12-4/h8-10,12H,5-7H2,1-4H3. The van der Waals surface area contributed by atoms with Crippen LogP contribution in [0.1, 0.15) is 33.0 Å². The molecule has 1 rings (SSSR count). The van der Waals surface area contributed by atoms with Crippen molar-refractivity contribution in [1.29, 1.82) is 0 Å². The van der Waals surface area contributed by atoms with Gasteiger partial charge >= 0.3 is 0 Å². The van der Waals surface area contributed by atoms with Gasteiger partial charge in [0, 0.05) is 19.0 Å². The Hall–Kier alpha value is -0.900. The van der Waals surface area contributed by atoms with Gasteiger partial charge in [0.1, 0.15) is 12.2 Å². The number of hydrogen-bond acceptors (Lipinski definition) is 3. The minimum Gasteiger partial charge on any atom is -0.317 e. The predicted octanol–water partition coefficient (Wildman–Crippen LogP) is 1.47. The summed E-state index contributed by atoms with van der Waals surface area (Å²) >= 11 is 0. The van der Waals surface area contributed by atoms with Gasteiger partial charge in [0.2, 0.25) is 0 Å². The number of hydrogen-bond donors (Lipinski definition) is 1. The molecule has 0 aliphatic carbocycles. The zero-order chi connectivity index (χ0) is 11.3. The Labute approximate surface area is 92.1 Å². The highest BCUT2D eigenvalue weighted by Crippen LogP contribution is 2.05. The number of nitrogens with zero attached hydrogens (tertiary/aromatic N) is 3. The topological polar surface area (TPSA) is 42.7 Å². The average molecular weight is 210 g/mol. The van der Waals surface area contributed by atoms with Gasteiger partial charge < -0.3 is 5.32 Å². The molecule has 0 aliphatic heterocycles. The Balaban J connectivity index is 2.49. The van der Waals surface area contributed by atoms with E-state index in [0.29, 0.717) is 12.0 Å². The molecule has 1 heterocycles. The fourth-order valence-electron chi connectivity index (χ4n) is 1.47. The fraction of sp³-hybridized carbons (Fsp3) is 0.818. The second-order valence-electron chi connectivity index (χ2n) is 4.48. The summed E-state index contributed by atoms with van der Waals surface area (Å²) in [5, 5.41) is 7.48. The Morgan fingerprint density at radius 2 is 2.13 bits per heavy atom. The van der Waals surface area contributed by atoms with Crippen molar-refractivity contribution in [3.63, 3.8) is 0 Å². The van der Waals surface area contributed by atoms with E-state index < -0.39 is 0 Å². The van der Waals surface area contributed by atoms with Crippen molar-refractivity contribution < 1.29 is 0 Å². The Bertz CT molecular complexity index is 280. The molecule has 15 heavy (non-hydrogen) atoms. The predicted molar refractivity (Wildman–Crippen MR) is 61.7 cm³/mol. The summed E-state index contributed by atoms with van der Waals surface area (Å²) in [4.78, 5) is 4.30. The minimum absolute atomic E-state index is 0.536. The third kappa shape index (κ3) is 4.00. The van der Waals surface area contributed by atoms with Crippen molar-refractivity contribution >= 4 is 0 Å². The third-order valence-corrected chi connectivity index (χ3v) is 2.53. The zero-order valence-electron chi connectivity index (χ0n) is 10.2. The maximum atomic E-state index is 4.30. The van der Waals surface area contributed by atoms with Crippen molar-refractivity contribution in [2.45, 2.75) is 46.2 Å². The summed E-state index contributed by atoms with van der Waals surface area (Å²) in [6.45, 7) is 7.54. The van der Waals surface area contributed by atoms with Crippen LogP contribution in [0.5, 0.6) is 0 Å². The van der Waals surface area contributed by atoms with Gasteiger partial charge in [0.25, 0.3) is 0 Å². The number of aryl methyl sites for hydroxylation is 1. The lowest BCUT2D eigenvalue weighted by Crippen LogP contribution is -2.22. The van der Waals surface area contributed by atoms with Crippen LogP contribution in [0.2, 0.25) is 0 Å². The molecule has 0 fully saturated rings. The molecule has 0 saturated heterocycles. The van der Waals surface area contributed by atoms with Gasteiger partial charge in [-0.05, 0) is 26.3 Å². The molecule has 0 saturated carbocycles. The van der Waals surface area contributed by atoms with E-state index in [9.17, 15) is 0 Å². The number of aromatic nitrogens is 3. The normalized spacial score (nSPS) is 13.4. The fourth-order valence-corrected chi connectivity index (χ4v) is 1.47. The first-order valence-corrected chi connectivity index (χ1v) is 5.67. The molecule has 0 amide bonds. The van der Waals surface area contributed by atoms with Crippen LogP contribution in [0.25, 0.3) is 0 Å². The van der Waals surface area contributed by atoms with Crippen LogP contribution in [0.3, 0.4) is 0 Å². The number of nitrogens with one attached hydrogen (secondary N) is 1. The molecule has 4 nitrogen and oxygen atoms in total. The quantitative estimate of drug-likeness (QED) is 0.773. The van der Waals surface area contributed by atoms with Crippen LogP contribution >= 0.6 is 0 Å². The van der Waals surface area contributed by atoms with Crippen LogP contribution in [0.4, 0.5) is 0 Å². The maximum Gasteiger partial charge on any atom is 0.138 e. The largest absolute Gasteiger partial charge is 0.317 e. The van der Waals surface area contributed by atoms with Crippen LogP contribution < -0.4 is 5.32 Å². The average Bonchev–Trinajstić information content (AvgIpc) is 2.61. The summed E-state index contributed by atoms with van der Waals surface area (Å²) in [5.74, 6) is 1.72. The van der Waals surface area contributed by atoms with E-state index in [1.807, 2.05) is 11.7 Å². The molecule has 0 radical (unpaired) electrons. The highest BCUT2D eigenvalue weighted by Gasteiger charge is 2.07. The first kappa shape index (κ1) is 12.2. The van der Waals surface area contributed by atoms with Crippen molar-refractivity contribution in [2.75, 3.05) is 7.05 Å². The lowest BCUT2D eigenvalue weighted by Gasteiger charge is -2.11. The molecular formula is C11H22N4. The van der Waals surface area contributed by atoms with Gasteiger partial charge in [-0.2, -0.15) is 5.10 Å². The summed E-state index contributed by atoms with van der Waals surface area (Å²) in [6.07, 6.45) is 3.75. The molecule has 1 aromatic rings. The summed E-state index contributed by atoms with van der Waals surface area (Å²) in [6, 6.07) is 0.536. The Morgan fingerprint density at radius 3 is 2.73 bits per heavy atom. The van der Waals surface area contributed by atoms with E-state index in [1.165, 1.54) is 0 Å². The molecule has 0 aliphatic rings. The molecule has 0 aromatic carbocycles. The molecule has 4 heteroatoms. The molecule has 1 aromatic heterocycles. The van der Waals surface area contributed by atoms with Crippen molar-refractivity contribution in [3.05, 3.63) is 12.2 Å². The zero-order valence-corrected chi connectivity index (χ0v) is 10.2. The monoisotopic (exact) mass is 210 g/mol. The van der Waals surface area contributed by atoms with Gasteiger partial charge in [-0.25, -0.2) is 9.67 Å². The van der Waals surface area contributed by atoms with Crippen LogP contribution in [0, 0.1) is 5.92 Å². The van der Waals surface area contributed by atoms with Gasteiger partial charge in [0.05, 0.1) is 0 Å².